The lowest BCUT2D eigenvalue weighted by atomic mass is 10.0. The van der Waals surface area contributed by atoms with Gasteiger partial charge in [0.1, 0.15) is 0 Å². The van der Waals surface area contributed by atoms with Crippen LogP contribution >= 0.6 is 0 Å². The van der Waals surface area contributed by atoms with Gasteiger partial charge in [-0.25, -0.2) is 13.2 Å². The first kappa shape index (κ1) is 26.4. The number of pyridine rings is 1. The number of aromatic nitrogens is 1. The molecular weight excluding hydrogens is 502 g/mol. The van der Waals surface area contributed by atoms with E-state index >= 15 is 0 Å². The smallest absolute Gasteiger partial charge is 0.319 e. The Kier molecular flexibility index (Phi) is 8.03. The SMILES string of the molecule is CN(C)C(=O)c1ccc(-c2ccccc2S(=O)(=O)Nc2ccc(NC(=O)NCc3cccnc3)cc2)cc1. The minimum atomic E-state index is -3.94. The summed E-state index contributed by atoms with van der Waals surface area (Å²) in [6.45, 7) is 0.325. The summed E-state index contributed by atoms with van der Waals surface area (Å²) in [5.74, 6) is -0.136. The highest BCUT2D eigenvalue weighted by Gasteiger charge is 2.20. The minimum Gasteiger partial charge on any atom is -0.345 e. The molecule has 0 aliphatic rings. The third kappa shape index (κ3) is 6.54. The summed E-state index contributed by atoms with van der Waals surface area (Å²) in [7, 11) is -0.595. The third-order valence-corrected chi connectivity index (χ3v) is 7.04. The number of rotatable bonds is 8. The summed E-state index contributed by atoms with van der Waals surface area (Å²) < 4.78 is 29.2. The Morgan fingerprint density at radius 2 is 1.53 bits per heavy atom. The van der Waals surface area contributed by atoms with E-state index in [-0.39, 0.29) is 10.8 Å². The average molecular weight is 530 g/mol. The molecule has 0 saturated carbocycles. The Labute approximate surface area is 221 Å². The number of benzene rings is 3. The van der Waals surface area contributed by atoms with Crippen molar-refractivity contribution in [3.8, 4) is 11.1 Å². The van der Waals surface area contributed by atoms with Crippen molar-refractivity contribution in [2.24, 2.45) is 0 Å². The molecule has 3 N–H and O–H groups in total. The van der Waals surface area contributed by atoms with Gasteiger partial charge in [0.2, 0.25) is 0 Å². The van der Waals surface area contributed by atoms with Crippen LogP contribution in [-0.2, 0) is 16.6 Å². The van der Waals surface area contributed by atoms with Crippen molar-refractivity contribution in [1.29, 1.82) is 0 Å². The van der Waals surface area contributed by atoms with Crippen molar-refractivity contribution in [2.45, 2.75) is 11.4 Å². The van der Waals surface area contributed by atoms with Gasteiger partial charge in [0.25, 0.3) is 15.9 Å². The van der Waals surface area contributed by atoms with Crippen molar-refractivity contribution < 1.29 is 18.0 Å². The molecule has 0 atom stereocenters. The normalized spacial score (nSPS) is 10.9. The second-order valence-electron chi connectivity index (χ2n) is 8.62. The van der Waals surface area contributed by atoms with E-state index in [9.17, 15) is 18.0 Å². The van der Waals surface area contributed by atoms with Gasteiger partial charge < -0.3 is 15.5 Å². The number of nitrogens with zero attached hydrogens (tertiary/aromatic N) is 2. The van der Waals surface area contributed by atoms with Crippen LogP contribution in [0.4, 0.5) is 16.2 Å². The summed E-state index contributed by atoms with van der Waals surface area (Å²) >= 11 is 0. The fourth-order valence-electron chi connectivity index (χ4n) is 3.68. The maximum absolute atomic E-state index is 13.3. The molecule has 0 radical (unpaired) electrons. The highest BCUT2D eigenvalue weighted by molar-refractivity contribution is 7.92. The molecule has 0 unspecified atom stereocenters. The molecule has 0 fully saturated rings. The van der Waals surface area contributed by atoms with Gasteiger partial charge in [0.15, 0.2) is 0 Å². The number of carbonyl (C=O) groups excluding carboxylic acids is 2. The van der Waals surface area contributed by atoms with Gasteiger partial charge in [-0.05, 0) is 59.7 Å². The molecule has 0 bridgehead atoms. The number of sulfonamides is 1. The largest absolute Gasteiger partial charge is 0.345 e. The Morgan fingerprint density at radius 1 is 0.842 bits per heavy atom. The van der Waals surface area contributed by atoms with Crippen molar-refractivity contribution in [3.05, 3.63) is 108 Å². The van der Waals surface area contributed by atoms with Crippen LogP contribution in [0.1, 0.15) is 15.9 Å². The highest BCUT2D eigenvalue weighted by atomic mass is 32.2. The molecule has 1 aromatic heterocycles. The molecule has 9 nitrogen and oxygen atoms in total. The maximum atomic E-state index is 13.3. The first-order valence-corrected chi connectivity index (χ1v) is 13.2. The van der Waals surface area contributed by atoms with Gasteiger partial charge >= 0.3 is 6.03 Å². The topological polar surface area (TPSA) is 121 Å². The third-order valence-electron chi connectivity index (χ3n) is 5.60. The quantitative estimate of drug-likeness (QED) is 0.309. The Hall–Kier alpha value is -4.70. The summed E-state index contributed by atoms with van der Waals surface area (Å²) in [4.78, 5) is 29.9. The van der Waals surface area contributed by atoms with Crippen LogP contribution in [0.25, 0.3) is 11.1 Å². The van der Waals surface area contributed by atoms with Gasteiger partial charge in [-0.1, -0.05) is 36.4 Å². The molecule has 4 aromatic rings. The van der Waals surface area contributed by atoms with E-state index in [0.29, 0.717) is 34.6 Å². The van der Waals surface area contributed by atoms with Crippen LogP contribution in [0, 0.1) is 0 Å². The van der Waals surface area contributed by atoms with E-state index in [1.54, 1.807) is 99.3 Å². The molecule has 3 amide bonds. The first-order valence-electron chi connectivity index (χ1n) is 11.7. The van der Waals surface area contributed by atoms with Crippen LogP contribution in [0.3, 0.4) is 0 Å². The monoisotopic (exact) mass is 529 g/mol. The zero-order valence-electron chi connectivity index (χ0n) is 20.9. The maximum Gasteiger partial charge on any atom is 0.319 e. The van der Waals surface area contributed by atoms with E-state index in [4.69, 9.17) is 0 Å². The van der Waals surface area contributed by atoms with E-state index in [0.717, 1.165) is 5.56 Å². The molecule has 1 heterocycles. The number of hydrogen-bond donors (Lipinski definition) is 3. The van der Waals surface area contributed by atoms with Crippen LogP contribution < -0.4 is 15.4 Å². The fourth-order valence-corrected chi connectivity index (χ4v) is 4.97. The van der Waals surface area contributed by atoms with Crippen molar-refractivity contribution in [3.63, 3.8) is 0 Å². The van der Waals surface area contributed by atoms with Gasteiger partial charge in [-0.2, -0.15) is 0 Å². The van der Waals surface area contributed by atoms with Crippen LogP contribution in [0.2, 0.25) is 0 Å². The summed E-state index contributed by atoms with van der Waals surface area (Å²) in [6.07, 6.45) is 3.32. The zero-order valence-corrected chi connectivity index (χ0v) is 21.7. The molecular formula is C28H27N5O4S. The first-order chi connectivity index (χ1) is 18.2. The number of urea groups is 1. The molecule has 4 rings (SSSR count). The summed E-state index contributed by atoms with van der Waals surface area (Å²) in [5, 5.41) is 5.45. The van der Waals surface area contributed by atoms with E-state index in [1.807, 2.05) is 6.07 Å². The standard InChI is InChI=1S/C28H27N5O4S/c1-33(2)27(34)22-11-9-21(10-12-22)25-7-3-4-8-26(25)38(36,37)32-24-15-13-23(14-16-24)31-28(35)30-19-20-6-5-17-29-18-20/h3-18,32H,19H2,1-2H3,(H2,30,31,35). The number of amides is 3. The van der Waals surface area contributed by atoms with Gasteiger partial charge in [-0.3, -0.25) is 14.5 Å². The van der Waals surface area contributed by atoms with E-state index < -0.39 is 16.1 Å². The van der Waals surface area contributed by atoms with E-state index in [2.05, 4.69) is 20.3 Å². The Morgan fingerprint density at radius 3 is 2.18 bits per heavy atom. The number of nitrogens with one attached hydrogen (secondary N) is 3. The van der Waals surface area contributed by atoms with Crippen LogP contribution in [0.15, 0.2) is 102 Å². The highest BCUT2D eigenvalue weighted by Crippen LogP contribution is 2.29. The van der Waals surface area contributed by atoms with Crippen molar-refractivity contribution >= 4 is 33.3 Å². The molecule has 38 heavy (non-hydrogen) atoms. The lowest BCUT2D eigenvalue weighted by Crippen LogP contribution is -2.28. The lowest BCUT2D eigenvalue weighted by Gasteiger charge is -2.14. The van der Waals surface area contributed by atoms with Crippen molar-refractivity contribution in [2.75, 3.05) is 24.1 Å². The number of hydrogen-bond acceptors (Lipinski definition) is 5. The average Bonchev–Trinajstić information content (AvgIpc) is 2.93. The molecule has 3 aromatic carbocycles. The number of carbonyl (C=O) groups is 2. The second kappa shape index (κ2) is 11.6. The summed E-state index contributed by atoms with van der Waals surface area (Å²) in [6, 6.07) is 23.0. The fraction of sp³-hybridized carbons (Fsp3) is 0.107. The molecule has 194 valence electrons. The zero-order chi connectivity index (χ0) is 27.1. The number of anilines is 2. The minimum absolute atomic E-state index is 0.101. The lowest BCUT2D eigenvalue weighted by molar-refractivity contribution is 0.0827. The summed E-state index contributed by atoms with van der Waals surface area (Å²) in [5.41, 5.74) is 3.39. The Balaban J connectivity index is 1.44. The molecule has 0 spiro atoms. The van der Waals surface area contributed by atoms with Crippen molar-refractivity contribution in [1.82, 2.24) is 15.2 Å². The molecule has 0 aliphatic carbocycles. The molecule has 0 saturated heterocycles. The van der Waals surface area contributed by atoms with Gasteiger partial charge in [0, 0.05) is 55.5 Å². The van der Waals surface area contributed by atoms with Crippen LogP contribution in [0.5, 0.6) is 0 Å². The predicted molar refractivity (Wildman–Crippen MR) is 147 cm³/mol. The van der Waals surface area contributed by atoms with E-state index in [1.165, 1.54) is 11.0 Å². The molecule has 0 aliphatic heterocycles. The van der Waals surface area contributed by atoms with Crippen LogP contribution in [-0.4, -0.2) is 44.3 Å². The Bertz CT molecular complexity index is 1520. The van der Waals surface area contributed by atoms with Gasteiger partial charge in [-0.15, -0.1) is 0 Å². The van der Waals surface area contributed by atoms with Gasteiger partial charge in [0.05, 0.1) is 4.90 Å². The second-order valence-corrected chi connectivity index (χ2v) is 10.3. The predicted octanol–water partition coefficient (Wildman–Crippen LogP) is 4.57. The molecule has 10 heteroatoms.